The maximum Gasteiger partial charge on any atom is 0.332 e. The largest absolute Gasteiger partial charge is 0.381 e. The molecule has 0 bridgehead atoms. The summed E-state index contributed by atoms with van der Waals surface area (Å²) >= 11 is 0. The van der Waals surface area contributed by atoms with E-state index < -0.39 is 21.4 Å². The topological polar surface area (TPSA) is 253 Å². The molecule has 9 rings (SSSR count). The zero-order valence-corrected chi connectivity index (χ0v) is 35.6. The number of fused-ring (bicyclic) bond motifs is 3. The lowest BCUT2D eigenvalue weighted by molar-refractivity contribution is 0.169. The van der Waals surface area contributed by atoms with Crippen molar-refractivity contribution in [1.82, 2.24) is 42.8 Å². The number of rotatable bonds is 7. The molecule has 0 aliphatic carbocycles. The fourth-order valence-electron chi connectivity index (χ4n) is 7.08. The van der Waals surface area contributed by atoms with Crippen LogP contribution in [0.4, 0.5) is 0 Å². The number of H-pyrrole nitrogens is 1. The van der Waals surface area contributed by atoms with Gasteiger partial charge < -0.3 is 14.2 Å². The van der Waals surface area contributed by atoms with Crippen molar-refractivity contribution < 1.29 is 26.8 Å². The van der Waals surface area contributed by atoms with Crippen LogP contribution in [0.1, 0.15) is 19.3 Å². The fourth-order valence-corrected chi connectivity index (χ4v) is 7.52. The Kier molecular flexibility index (Phi) is 14.9. The second kappa shape index (κ2) is 20.3. The predicted molar refractivity (Wildman–Crippen MR) is 228 cm³/mol. The Morgan fingerprint density at radius 1 is 0.629 bits per heavy atom. The predicted octanol–water partition coefficient (Wildman–Crippen LogP) is -0.116. The molecule has 3 aliphatic rings. The Labute approximate surface area is 353 Å². The molecular weight excluding hydrogens is 831 g/mol. The van der Waals surface area contributed by atoms with E-state index >= 15 is 0 Å². The highest BCUT2D eigenvalue weighted by Crippen LogP contribution is 2.15. The summed E-state index contributed by atoms with van der Waals surface area (Å²) < 4.78 is 48.0. The van der Waals surface area contributed by atoms with Gasteiger partial charge in [0, 0.05) is 90.4 Å². The summed E-state index contributed by atoms with van der Waals surface area (Å²) in [5.74, 6) is 0.726. The highest BCUT2D eigenvalue weighted by molar-refractivity contribution is 7.85. The van der Waals surface area contributed by atoms with Crippen molar-refractivity contribution in [1.29, 1.82) is 0 Å². The summed E-state index contributed by atoms with van der Waals surface area (Å²) in [7, 11) is 1.57. The first-order valence-electron chi connectivity index (χ1n) is 19.8. The van der Waals surface area contributed by atoms with Gasteiger partial charge in [-0.05, 0) is 55.7 Å². The van der Waals surface area contributed by atoms with Gasteiger partial charge in [0.2, 0.25) is 0 Å². The number of pyridine rings is 3. The first-order chi connectivity index (χ1) is 29.6. The van der Waals surface area contributed by atoms with Crippen molar-refractivity contribution in [2.75, 3.05) is 52.5 Å². The van der Waals surface area contributed by atoms with Gasteiger partial charge in [-0.3, -0.25) is 46.4 Å². The molecule has 6 aromatic rings. The molecule has 3 fully saturated rings. The zero-order chi connectivity index (χ0) is 44.6. The van der Waals surface area contributed by atoms with Crippen LogP contribution in [-0.4, -0.2) is 104 Å². The number of aryl methyl sites for hydroxylation is 3. The molecule has 0 aromatic carbocycles. The van der Waals surface area contributed by atoms with Gasteiger partial charge in [0.05, 0.1) is 48.8 Å². The average molecular weight is 880 g/mol. The molecule has 0 amide bonds. The Balaban J connectivity index is 0.000000141. The van der Waals surface area contributed by atoms with E-state index in [1.54, 1.807) is 76.1 Å². The molecule has 62 heavy (non-hydrogen) atoms. The minimum absolute atomic E-state index is 0.236. The van der Waals surface area contributed by atoms with E-state index in [1.165, 1.54) is 22.8 Å². The molecule has 9 heterocycles. The quantitative estimate of drug-likeness (QED) is 0.205. The lowest BCUT2D eigenvalue weighted by Gasteiger charge is -2.12. The number of nitrogens with one attached hydrogen (secondary N) is 1. The lowest BCUT2D eigenvalue weighted by atomic mass is 10.1. The van der Waals surface area contributed by atoms with E-state index in [0.29, 0.717) is 79.2 Å². The molecule has 21 nitrogen and oxygen atoms in total. The highest BCUT2D eigenvalue weighted by Gasteiger charge is 2.22. The number of nitrogens with zero attached hydrogens (tertiary/aromatic N) is 8. The molecule has 22 heteroatoms. The minimum atomic E-state index is -3.27. The minimum Gasteiger partial charge on any atom is -0.381 e. The van der Waals surface area contributed by atoms with Crippen LogP contribution in [0, 0.1) is 17.8 Å². The number of ether oxygens (including phenoxy) is 3. The fraction of sp³-hybridized carbons (Fsp3) is 0.475. The van der Waals surface area contributed by atoms with Crippen molar-refractivity contribution in [2.24, 2.45) is 38.9 Å². The van der Waals surface area contributed by atoms with Crippen molar-refractivity contribution >= 4 is 43.2 Å². The number of hydrogen-bond acceptors (Lipinski definition) is 15. The van der Waals surface area contributed by atoms with Crippen LogP contribution < -0.4 is 33.7 Å². The Hall–Kier alpha value is -5.94. The van der Waals surface area contributed by atoms with E-state index in [1.807, 2.05) is 0 Å². The van der Waals surface area contributed by atoms with Crippen LogP contribution in [0.25, 0.3) is 33.1 Å². The van der Waals surface area contributed by atoms with Crippen LogP contribution >= 0.6 is 0 Å². The zero-order valence-electron chi connectivity index (χ0n) is 34.8. The van der Waals surface area contributed by atoms with E-state index in [4.69, 9.17) is 14.2 Å². The van der Waals surface area contributed by atoms with Crippen molar-refractivity contribution in [3.63, 3.8) is 0 Å². The SMILES string of the molecule is CS(=O)(=O)OCC1CCOC1.Cn1c(=O)[nH]c(=O)c2cccnc21.Cn1c(=O)n(CC2CCOC2)c(=O)c2cccnc21.Cn1c(=O)n(CC2CCOC2)c(=O)c2cccnc21. The van der Waals surface area contributed by atoms with Crippen molar-refractivity contribution in [3.05, 3.63) is 118 Å². The van der Waals surface area contributed by atoms with Gasteiger partial charge in [0.1, 0.15) is 16.9 Å². The number of aromatic nitrogens is 9. The maximum atomic E-state index is 12.4. The summed E-state index contributed by atoms with van der Waals surface area (Å²) in [5.41, 5.74) is -0.756. The standard InChI is InChI=1S/2C13H15N3O3.C8H7N3O2.C6H12O4S/c2*1-15-11-10(3-2-5-14-11)12(17)16(13(15)18)7-9-4-6-19-8-9;1-11-6-5(3-2-4-9-6)7(12)10-8(11)13;1-11(7,8)10-5-6-2-3-9-4-6/h2*2-3,5,9H,4,6-8H2,1H3;2-4H,1H3,(H,10,12,13);6H,2-5H2,1H3. The Morgan fingerprint density at radius 3 is 1.44 bits per heavy atom. The normalized spacial score (nSPS) is 18.5. The molecule has 1 N–H and O–H groups in total. The van der Waals surface area contributed by atoms with Gasteiger partial charge in [-0.15, -0.1) is 0 Å². The molecule has 0 spiro atoms. The average Bonchev–Trinajstić information content (AvgIpc) is 4.10. The third-order valence-electron chi connectivity index (χ3n) is 10.5. The third kappa shape index (κ3) is 10.9. The molecule has 332 valence electrons. The van der Waals surface area contributed by atoms with Crippen LogP contribution in [0.3, 0.4) is 0 Å². The second-order valence-electron chi connectivity index (χ2n) is 15.1. The van der Waals surface area contributed by atoms with E-state index in [0.717, 1.165) is 32.1 Å². The van der Waals surface area contributed by atoms with Crippen molar-refractivity contribution in [3.8, 4) is 0 Å². The molecule has 3 saturated heterocycles. The summed E-state index contributed by atoms with van der Waals surface area (Å²) in [6.07, 6.45) is 8.44. The molecule has 3 aliphatic heterocycles. The smallest absolute Gasteiger partial charge is 0.332 e. The number of aromatic amines is 1. The highest BCUT2D eigenvalue weighted by atomic mass is 32.2. The van der Waals surface area contributed by atoms with Crippen LogP contribution in [0.5, 0.6) is 0 Å². The molecule has 0 saturated carbocycles. The first kappa shape index (κ1) is 45.6. The maximum absolute atomic E-state index is 12.4. The van der Waals surface area contributed by atoms with Crippen LogP contribution in [-0.2, 0) is 62.7 Å². The number of hydrogen-bond donors (Lipinski definition) is 1. The van der Waals surface area contributed by atoms with Crippen molar-refractivity contribution in [2.45, 2.75) is 32.4 Å². The monoisotopic (exact) mass is 879 g/mol. The summed E-state index contributed by atoms with van der Waals surface area (Å²) in [4.78, 5) is 85.9. The van der Waals surface area contributed by atoms with E-state index in [9.17, 15) is 37.2 Å². The van der Waals surface area contributed by atoms with Gasteiger partial charge >= 0.3 is 17.1 Å². The van der Waals surface area contributed by atoms with E-state index in [-0.39, 0.29) is 46.9 Å². The molecule has 0 radical (unpaired) electrons. The summed E-state index contributed by atoms with van der Waals surface area (Å²) in [5, 5.41) is 1.37. The molecule has 3 atom stereocenters. The van der Waals surface area contributed by atoms with Crippen LogP contribution in [0.15, 0.2) is 83.8 Å². The lowest BCUT2D eigenvalue weighted by Crippen LogP contribution is -2.41. The summed E-state index contributed by atoms with van der Waals surface area (Å²) in [6.45, 7) is 5.06. The third-order valence-corrected chi connectivity index (χ3v) is 11.1. The van der Waals surface area contributed by atoms with Gasteiger partial charge in [-0.2, -0.15) is 8.42 Å². The van der Waals surface area contributed by atoms with Gasteiger partial charge in [0.15, 0.2) is 0 Å². The summed E-state index contributed by atoms with van der Waals surface area (Å²) in [6, 6.07) is 10.1. The Morgan fingerprint density at radius 2 is 1.03 bits per heavy atom. The molecule has 3 unspecified atom stereocenters. The van der Waals surface area contributed by atoms with E-state index in [2.05, 4.69) is 24.1 Å². The van der Waals surface area contributed by atoms with Crippen LogP contribution in [0.2, 0.25) is 0 Å². The molecule has 6 aromatic heterocycles. The van der Waals surface area contributed by atoms with Gasteiger partial charge in [-0.25, -0.2) is 29.3 Å². The Bertz CT molecular complexity index is 2880. The molecular formula is C40H49N9O12S. The van der Waals surface area contributed by atoms with Gasteiger partial charge in [0.25, 0.3) is 26.8 Å². The second-order valence-corrected chi connectivity index (χ2v) is 16.8. The first-order valence-corrected chi connectivity index (χ1v) is 21.7. The van der Waals surface area contributed by atoms with Gasteiger partial charge in [-0.1, -0.05) is 0 Å².